The lowest BCUT2D eigenvalue weighted by Crippen LogP contribution is -2.32. The van der Waals surface area contributed by atoms with Crippen molar-refractivity contribution in [3.05, 3.63) is 83.9 Å². The van der Waals surface area contributed by atoms with Crippen molar-refractivity contribution in [1.82, 2.24) is 4.31 Å². The number of para-hydroxylation sites is 2. The van der Waals surface area contributed by atoms with Crippen LogP contribution >= 0.6 is 12.8 Å². The van der Waals surface area contributed by atoms with Crippen LogP contribution in [0.3, 0.4) is 0 Å². The normalized spacial score (nSPS) is 11.8. The van der Waals surface area contributed by atoms with Gasteiger partial charge in [-0.05, 0) is 42.5 Å². The first kappa shape index (κ1) is 18.6. The zero-order valence-corrected chi connectivity index (χ0v) is 15.9. The molecule has 0 saturated heterocycles. The van der Waals surface area contributed by atoms with E-state index in [-0.39, 0.29) is 11.5 Å². The zero-order valence-electron chi connectivity index (χ0n) is 15.0. The zero-order chi connectivity index (χ0) is 20.4. The van der Waals surface area contributed by atoms with E-state index in [1.807, 2.05) is 0 Å². The molecule has 7 nitrogen and oxygen atoms in total. The van der Waals surface area contributed by atoms with E-state index in [4.69, 9.17) is 4.74 Å². The fourth-order valence-electron chi connectivity index (χ4n) is 2.81. The second-order valence-corrected chi connectivity index (χ2v) is 6.58. The quantitative estimate of drug-likeness (QED) is 0.545. The summed E-state index contributed by atoms with van der Waals surface area (Å²) in [4.78, 5) is 37.3. The van der Waals surface area contributed by atoms with Crippen LogP contribution in [0.5, 0.6) is 11.5 Å². The van der Waals surface area contributed by atoms with Gasteiger partial charge in [-0.3, -0.25) is 9.59 Å². The third-order valence-electron chi connectivity index (χ3n) is 4.24. The minimum atomic E-state index is -0.750. The molecule has 3 aromatic rings. The average molecular weight is 405 g/mol. The van der Waals surface area contributed by atoms with Crippen molar-refractivity contribution in [2.45, 2.75) is 0 Å². The van der Waals surface area contributed by atoms with Gasteiger partial charge in [-0.15, -0.1) is 0 Å². The number of imide groups is 1. The highest BCUT2D eigenvalue weighted by molar-refractivity contribution is 7.79. The van der Waals surface area contributed by atoms with Crippen LogP contribution in [0.15, 0.2) is 72.8 Å². The largest absolute Gasteiger partial charge is 0.454 e. The maximum absolute atomic E-state index is 12.5. The predicted molar refractivity (Wildman–Crippen MR) is 112 cm³/mol. The Kier molecular flexibility index (Phi) is 4.92. The van der Waals surface area contributed by atoms with Crippen molar-refractivity contribution in [2.75, 3.05) is 10.6 Å². The number of amides is 4. The number of carbonyl (C=O) groups is 3. The molecule has 0 aromatic heterocycles. The third kappa shape index (κ3) is 3.78. The topological polar surface area (TPSA) is 87.7 Å². The van der Waals surface area contributed by atoms with Gasteiger partial charge in [0.15, 0.2) is 5.75 Å². The lowest BCUT2D eigenvalue weighted by Gasteiger charge is -2.15. The number of carbonyl (C=O) groups excluding carboxylic acids is 3. The number of hydrogen-bond donors (Lipinski definition) is 3. The average Bonchev–Trinajstić information content (AvgIpc) is 2.89. The molecule has 3 aromatic carbocycles. The van der Waals surface area contributed by atoms with Crippen molar-refractivity contribution >= 4 is 42.0 Å². The molecule has 1 aliphatic heterocycles. The van der Waals surface area contributed by atoms with Gasteiger partial charge < -0.3 is 15.4 Å². The van der Waals surface area contributed by atoms with Crippen molar-refractivity contribution in [2.24, 2.45) is 0 Å². The molecule has 1 heterocycles. The Morgan fingerprint density at radius 1 is 0.931 bits per heavy atom. The van der Waals surface area contributed by atoms with Gasteiger partial charge in [0.25, 0.3) is 11.8 Å². The number of fused-ring (bicyclic) bond motifs is 2. The van der Waals surface area contributed by atoms with Gasteiger partial charge in [-0.1, -0.05) is 43.1 Å². The standard InChI is InChI=1S/C21H15N3O4S/c25-19-15-12-14(10-11-17(15)28-18-9-5-4-8-16(18)23-19)22-21(27)24(29)20(26)13-6-2-1-3-7-13/h1-12,29H,(H,22,27)(H,23,25). The first-order valence-electron chi connectivity index (χ1n) is 8.64. The number of urea groups is 1. The number of nitrogens with one attached hydrogen (secondary N) is 2. The Bertz CT molecular complexity index is 1120. The fraction of sp³-hybridized carbons (Fsp3) is 0. The first-order valence-corrected chi connectivity index (χ1v) is 9.04. The van der Waals surface area contributed by atoms with Gasteiger partial charge in [-0.2, -0.15) is 0 Å². The Balaban J connectivity index is 1.54. The molecule has 0 fully saturated rings. The maximum atomic E-state index is 12.5. The molecule has 0 spiro atoms. The molecule has 2 N–H and O–H groups in total. The number of nitrogens with zero attached hydrogens (tertiary/aromatic N) is 1. The number of ether oxygens (including phenoxy) is 1. The van der Waals surface area contributed by atoms with Crippen molar-refractivity contribution in [1.29, 1.82) is 0 Å². The van der Waals surface area contributed by atoms with Gasteiger partial charge in [0.05, 0.1) is 11.3 Å². The van der Waals surface area contributed by atoms with Crippen molar-refractivity contribution < 1.29 is 19.1 Å². The smallest absolute Gasteiger partial charge is 0.338 e. The van der Waals surface area contributed by atoms with Crippen LogP contribution in [0.1, 0.15) is 20.7 Å². The molecule has 4 rings (SSSR count). The van der Waals surface area contributed by atoms with Crippen LogP contribution < -0.4 is 15.4 Å². The summed E-state index contributed by atoms with van der Waals surface area (Å²) in [6.45, 7) is 0. The molecule has 8 heteroatoms. The summed E-state index contributed by atoms with van der Waals surface area (Å²) in [5.74, 6) is -0.0678. The maximum Gasteiger partial charge on any atom is 0.338 e. The number of thiol groups is 1. The molecule has 4 amide bonds. The van der Waals surface area contributed by atoms with E-state index in [0.717, 1.165) is 0 Å². The lowest BCUT2D eigenvalue weighted by molar-refractivity contribution is 0.0901. The third-order valence-corrected chi connectivity index (χ3v) is 4.60. The Hall–Kier alpha value is -3.78. The summed E-state index contributed by atoms with van der Waals surface area (Å²) in [7, 11) is 0. The highest BCUT2D eigenvalue weighted by Gasteiger charge is 2.23. The summed E-state index contributed by atoms with van der Waals surface area (Å²) in [6, 6.07) is 19.3. The van der Waals surface area contributed by atoms with E-state index in [2.05, 4.69) is 23.4 Å². The van der Waals surface area contributed by atoms with Gasteiger partial charge in [0.2, 0.25) is 0 Å². The minimum absolute atomic E-state index is 0.249. The Morgan fingerprint density at radius 2 is 1.66 bits per heavy atom. The van der Waals surface area contributed by atoms with Gasteiger partial charge in [-0.25, -0.2) is 9.10 Å². The predicted octanol–water partition coefficient (Wildman–Crippen LogP) is 4.56. The molecule has 0 bridgehead atoms. The highest BCUT2D eigenvalue weighted by atomic mass is 32.1. The molecule has 0 radical (unpaired) electrons. The molecule has 0 unspecified atom stereocenters. The molecule has 0 atom stereocenters. The highest BCUT2D eigenvalue weighted by Crippen LogP contribution is 2.36. The molecule has 0 saturated carbocycles. The van der Waals surface area contributed by atoms with Crippen LogP contribution in [0.2, 0.25) is 0 Å². The molecular weight excluding hydrogens is 390 g/mol. The summed E-state index contributed by atoms with van der Waals surface area (Å²) >= 11 is 4.00. The van der Waals surface area contributed by atoms with Crippen LogP contribution in [0, 0.1) is 0 Å². The number of benzene rings is 3. The van der Waals surface area contributed by atoms with E-state index >= 15 is 0 Å². The minimum Gasteiger partial charge on any atom is -0.454 e. The van der Waals surface area contributed by atoms with E-state index in [1.165, 1.54) is 6.07 Å². The number of rotatable bonds is 2. The van der Waals surface area contributed by atoms with Crippen LogP contribution in [-0.4, -0.2) is 22.2 Å². The monoisotopic (exact) mass is 405 g/mol. The second kappa shape index (κ2) is 7.69. The Labute approximate surface area is 171 Å². The van der Waals surface area contributed by atoms with Crippen LogP contribution in [0.4, 0.5) is 16.2 Å². The molecule has 144 valence electrons. The molecular formula is C21H15N3O4S. The second-order valence-electron chi connectivity index (χ2n) is 6.18. The van der Waals surface area contributed by atoms with Gasteiger partial charge in [0, 0.05) is 11.3 Å². The summed E-state index contributed by atoms with van der Waals surface area (Å²) in [5.41, 5.74) is 1.44. The first-order chi connectivity index (χ1) is 14.0. The summed E-state index contributed by atoms with van der Waals surface area (Å²) in [5, 5.41) is 5.32. The SMILES string of the molecule is O=C1Nc2ccccc2Oc2ccc(NC(=O)N(S)C(=O)c3ccccc3)cc21. The summed E-state index contributed by atoms with van der Waals surface area (Å²) < 4.78 is 6.47. The molecule has 0 aliphatic carbocycles. The number of anilines is 2. The van der Waals surface area contributed by atoms with E-state index in [9.17, 15) is 14.4 Å². The Morgan fingerprint density at radius 3 is 2.45 bits per heavy atom. The van der Waals surface area contributed by atoms with Crippen LogP contribution in [0.25, 0.3) is 0 Å². The van der Waals surface area contributed by atoms with E-state index in [0.29, 0.717) is 32.7 Å². The van der Waals surface area contributed by atoms with Gasteiger partial charge >= 0.3 is 6.03 Å². The van der Waals surface area contributed by atoms with Crippen molar-refractivity contribution in [3.63, 3.8) is 0 Å². The van der Waals surface area contributed by atoms with Gasteiger partial charge in [0.1, 0.15) is 5.75 Å². The number of hydrogen-bond acceptors (Lipinski definition) is 5. The van der Waals surface area contributed by atoms with Crippen LogP contribution in [-0.2, 0) is 0 Å². The summed E-state index contributed by atoms with van der Waals surface area (Å²) in [6.07, 6.45) is 0. The fourth-order valence-corrected chi connectivity index (χ4v) is 2.98. The molecule has 1 aliphatic rings. The lowest BCUT2D eigenvalue weighted by atomic mass is 10.1. The molecule has 29 heavy (non-hydrogen) atoms. The van der Waals surface area contributed by atoms with E-state index < -0.39 is 11.9 Å². The van der Waals surface area contributed by atoms with E-state index in [1.54, 1.807) is 66.7 Å². The van der Waals surface area contributed by atoms with Crippen molar-refractivity contribution in [3.8, 4) is 11.5 Å².